The number of benzene rings is 1. The van der Waals surface area contributed by atoms with E-state index in [2.05, 4.69) is 0 Å². The second-order valence-electron chi connectivity index (χ2n) is 3.59. The number of hydrogen-bond donors (Lipinski definition) is 2. The molecule has 8 heteroatoms. The zero-order valence-electron chi connectivity index (χ0n) is 8.81. The first-order chi connectivity index (χ1) is 8.05. The Hall–Kier alpha value is -1.28. The summed E-state index contributed by atoms with van der Waals surface area (Å²) in [5.41, 5.74) is 1.55. The molecule has 0 heterocycles. The van der Waals surface area contributed by atoms with E-state index in [-0.39, 0.29) is 6.07 Å². The molecule has 1 aromatic carbocycles. The third-order valence-electron chi connectivity index (χ3n) is 2.22. The monoisotopic (exact) mass is 273 g/mol. The fourth-order valence-electron chi connectivity index (χ4n) is 1.31. The molecule has 0 radical (unpaired) electrons. The lowest BCUT2D eigenvalue weighted by molar-refractivity contribution is -0.143. The van der Waals surface area contributed by atoms with Gasteiger partial charge in [0, 0.05) is 6.54 Å². The number of halogens is 6. The average Bonchev–Trinajstić information content (AvgIpc) is 2.25. The Balaban J connectivity index is 3.39. The highest BCUT2D eigenvalue weighted by atomic mass is 19.4. The van der Waals surface area contributed by atoms with Gasteiger partial charge in [0.1, 0.15) is 0 Å². The van der Waals surface area contributed by atoms with Crippen molar-refractivity contribution in [2.24, 2.45) is 5.73 Å². The molecule has 0 bridgehead atoms. The fraction of sp³-hybridized carbons (Fsp3) is 0.400. The van der Waals surface area contributed by atoms with Gasteiger partial charge < -0.3 is 10.8 Å². The molecule has 18 heavy (non-hydrogen) atoms. The summed E-state index contributed by atoms with van der Waals surface area (Å²) in [7, 11) is 0. The second-order valence-corrected chi connectivity index (χ2v) is 3.59. The maximum absolute atomic E-state index is 12.4. The first-order valence-corrected chi connectivity index (χ1v) is 4.73. The van der Waals surface area contributed by atoms with E-state index in [0.717, 1.165) is 0 Å². The van der Waals surface area contributed by atoms with E-state index in [0.29, 0.717) is 12.1 Å². The molecule has 0 aromatic heterocycles. The van der Waals surface area contributed by atoms with E-state index in [1.54, 1.807) is 0 Å². The molecule has 0 aliphatic rings. The lowest BCUT2D eigenvalue weighted by atomic mass is 10.0. The van der Waals surface area contributed by atoms with E-state index < -0.39 is 41.7 Å². The molecule has 0 spiro atoms. The predicted octanol–water partition coefficient (Wildman–Crippen LogP) is 2.72. The van der Waals surface area contributed by atoms with Gasteiger partial charge in [-0.25, -0.2) is 0 Å². The SMILES string of the molecule is NC[C@H](O)c1cc(C(F)(F)F)cc(C(F)(F)F)c1. The van der Waals surface area contributed by atoms with Crippen LogP contribution in [0.15, 0.2) is 18.2 Å². The van der Waals surface area contributed by atoms with Crippen molar-refractivity contribution in [1.82, 2.24) is 0 Å². The Kier molecular flexibility index (Phi) is 3.92. The van der Waals surface area contributed by atoms with Gasteiger partial charge in [-0.05, 0) is 23.8 Å². The van der Waals surface area contributed by atoms with Gasteiger partial charge in [-0.1, -0.05) is 0 Å². The summed E-state index contributed by atoms with van der Waals surface area (Å²) in [6.07, 6.45) is -11.4. The van der Waals surface area contributed by atoms with Crippen molar-refractivity contribution >= 4 is 0 Å². The number of alkyl halides is 6. The van der Waals surface area contributed by atoms with Crippen molar-refractivity contribution < 1.29 is 31.4 Å². The Bertz CT molecular complexity index is 393. The number of hydrogen-bond acceptors (Lipinski definition) is 2. The van der Waals surface area contributed by atoms with Crippen LogP contribution in [0.5, 0.6) is 0 Å². The maximum Gasteiger partial charge on any atom is 0.416 e. The van der Waals surface area contributed by atoms with Crippen LogP contribution in [0.4, 0.5) is 26.3 Å². The minimum atomic E-state index is -4.93. The number of aliphatic hydroxyl groups excluding tert-OH is 1. The van der Waals surface area contributed by atoms with Crippen molar-refractivity contribution in [2.75, 3.05) is 6.54 Å². The van der Waals surface area contributed by atoms with E-state index in [1.807, 2.05) is 0 Å². The number of aliphatic hydroxyl groups is 1. The maximum atomic E-state index is 12.4. The van der Waals surface area contributed by atoms with Crippen molar-refractivity contribution in [3.8, 4) is 0 Å². The van der Waals surface area contributed by atoms with Crippen molar-refractivity contribution in [3.05, 3.63) is 34.9 Å². The van der Waals surface area contributed by atoms with Crippen LogP contribution in [-0.4, -0.2) is 11.7 Å². The highest BCUT2D eigenvalue weighted by Crippen LogP contribution is 2.37. The van der Waals surface area contributed by atoms with Crippen LogP contribution in [0.25, 0.3) is 0 Å². The van der Waals surface area contributed by atoms with Crippen molar-refractivity contribution in [3.63, 3.8) is 0 Å². The lowest BCUT2D eigenvalue weighted by Gasteiger charge is -2.16. The second kappa shape index (κ2) is 4.77. The Morgan fingerprint density at radius 3 is 1.61 bits per heavy atom. The lowest BCUT2D eigenvalue weighted by Crippen LogP contribution is -2.16. The van der Waals surface area contributed by atoms with Crippen LogP contribution in [0.1, 0.15) is 22.8 Å². The van der Waals surface area contributed by atoms with Gasteiger partial charge in [0.25, 0.3) is 0 Å². The van der Waals surface area contributed by atoms with Crippen LogP contribution in [0, 0.1) is 0 Å². The summed E-state index contributed by atoms with van der Waals surface area (Å²) in [4.78, 5) is 0. The molecule has 102 valence electrons. The molecule has 3 N–H and O–H groups in total. The topological polar surface area (TPSA) is 46.2 Å². The third-order valence-corrected chi connectivity index (χ3v) is 2.22. The quantitative estimate of drug-likeness (QED) is 0.814. The molecular formula is C10H9F6NO. The highest BCUT2D eigenvalue weighted by Gasteiger charge is 2.37. The molecule has 1 atom stereocenters. The van der Waals surface area contributed by atoms with Gasteiger partial charge in [0.2, 0.25) is 0 Å². The third kappa shape index (κ3) is 3.36. The van der Waals surface area contributed by atoms with Gasteiger partial charge in [0.15, 0.2) is 0 Å². The van der Waals surface area contributed by atoms with Gasteiger partial charge in [-0.2, -0.15) is 26.3 Å². The molecule has 0 saturated heterocycles. The van der Waals surface area contributed by atoms with E-state index in [1.165, 1.54) is 0 Å². The predicted molar refractivity (Wildman–Crippen MR) is 50.5 cm³/mol. The summed E-state index contributed by atoms with van der Waals surface area (Å²) in [5.74, 6) is 0. The highest BCUT2D eigenvalue weighted by molar-refractivity contribution is 5.34. The summed E-state index contributed by atoms with van der Waals surface area (Å²) >= 11 is 0. The number of nitrogens with two attached hydrogens (primary N) is 1. The zero-order valence-corrected chi connectivity index (χ0v) is 8.81. The molecule has 2 nitrogen and oxygen atoms in total. The zero-order chi connectivity index (χ0) is 14.1. The molecular weight excluding hydrogens is 264 g/mol. The van der Waals surface area contributed by atoms with Crippen molar-refractivity contribution in [1.29, 1.82) is 0 Å². The van der Waals surface area contributed by atoms with Crippen LogP contribution in [-0.2, 0) is 12.4 Å². The van der Waals surface area contributed by atoms with Gasteiger partial charge in [0.05, 0.1) is 17.2 Å². The largest absolute Gasteiger partial charge is 0.416 e. The standard InChI is InChI=1S/C10H9F6NO/c11-9(12,13)6-1-5(8(18)4-17)2-7(3-6)10(14,15)16/h1-3,8,18H,4,17H2/t8-/m0/s1. The average molecular weight is 273 g/mol. The van der Waals surface area contributed by atoms with Crippen LogP contribution in [0.3, 0.4) is 0 Å². The summed E-state index contributed by atoms with van der Waals surface area (Å²) in [6.45, 7) is -0.474. The Morgan fingerprint density at radius 1 is 0.944 bits per heavy atom. The normalized spacial score (nSPS) is 14.7. The summed E-state index contributed by atoms with van der Waals surface area (Å²) < 4.78 is 74.5. The minimum absolute atomic E-state index is 0.00721. The minimum Gasteiger partial charge on any atom is -0.387 e. The molecule has 1 rings (SSSR count). The molecule has 0 fully saturated rings. The van der Waals surface area contributed by atoms with Crippen LogP contribution >= 0.6 is 0 Å². The van der Waals surface area contributed by atoms with E-state index in [4.69, 9.17) is 5.73 Å². The molecule has 0 saturated carbocycles. The van der Waals surface area contributed by atoms with Gasteiger partial charge in [-0.15, -0.1) is 0 Å². The van der Waals surface area contributed by atoms with Crippen LogP contribution < -0.4 is 5.73 Å². The molecule has 0 amide bonds. The van der Waals surface area contributed by atoms with E-state index in [9.17, 15) is 31.4 Å². The number of rotatable bonds is 2. The van der Waals surface area contributed by atoms with Gasteiger partial charge >= 0.3 is 12.4 Å². The van der Waals surface area contributed by atoms with E-state index >= 15 is 0 Å². The smallest absolute Gasteiger partial charge is 0.387 e. The summed E-state index contributed by atoms with van der Waals surface area (Å²) in [5, 5.41) is 9.25. The fourth-order valence-corrected chi connectivity index (χ4v) is 1.31. The first kappa shape index (κ1) is 14.8. The molecule has 0 aliphatic carbocycles. The van der Waals surface area contributed by atoms with Gasteiger partial charge in [-0.3, -0.25) is 0 Å². The summed E-state index contributed by atoms with van der Waals surface area (Å²) in [6, 6.07) is 0.895. The van der Waals surface area contributed by atoms with Crippen LogP contribution in [0.2, 0.25) is 0 Å². The molecule has 0 aliphatic heterocycles. The first-order valence-electron chi connectivity index (χ1n) is 4.73. The Labute approximate surface area is 98.0 Å². The Morgan fingerprint density at radius 2 is 1.33 bits per heavy atom. The molecule has 1 aromatic rings. The molecule has 0 unspecified atom stereocenters. The van der Waals surface area contributed by atoms with Crippen molar-refractivity contribution in [2.45, 2.75) is 18.5 Å².